The first-order valence-electron chi connectivity index (χ1n) is 4.76. The molecule has 1 aromatic heterocycles. The Morgan fingerprint density at radius 1 is 1.41 bits per heavy atom. The van der Waals surface area contributed by atoms with E-state index in [0.29, 0.717) is 22.3 Å². The minimum absolute atomic E-state index is 0.335. The van der Waals surface area contributed by atoms with E-state index < -0.39 is 12.7 Å². The molecule has 0 unspecified atom stereocenters. The Bertz CT molecular complexity index is 547. The van der Waals surface area contributed by atoms with E-state index >= 15 is 0 Å². The summed E-state index contributed by atoms with van der Waals surface area (Å²) in [6.07, 6.45) is -2.97. The third-order valence-corrected chi connectivity index (χ3v) is 2.32. The minimum Gasteiger partial charge on any atom is -0.495 e. The lowest BCUT2D eigenvalue weighted by molar-refractivity contribution is -0.141. The minimum atomic E-state index is -4.31. The number of fused-ring (bicyclic) bond motifs is 1. The van der Waals surface area contributed by atoms with Crippen molar-refractivity contribution in [3.8, 4) is 5.75 Å². The number of alkyl halides is 3. The van der Waals surface area contributed by atoms with Gasteiger partial charge in [-0.15, -0.1) is 0 Å². The summed E-state index contributed by atoms with van der Waals surface area (Å²) in [4.78, 5) is 0. The third kappa shape index (κ3) is 2.27. The van der Waals surface area contributed by atoms with Gasteiger partial charge in [-0.25, -0.2) is 0 Å². The molecule has 0 atom stereocenters. The zero-order chi connectivity index (χ0) is 12.6. The molecule has 92 valence electrons. The summed E-state index contributed by atoms with van der Waals surface area (Å²) >= 11 is 0. The van der Waals surface area contributed by atoms with E-state index in [1.165, 1.54) is 25.4 Å². The summed E-state index contributed by atoms with van der Waals surface area (Å²) in [6, 6.07) is 2.98. The van der Waals surface area contributed by atoms with Crippen molar-refractivity contribution in [2.45, 2.75) is 12.7 Å². The molecule has 0 saturated carbocycles. The highest BCUT2D eigenvalue weighted by atomic mass is 19.4. The van der Waals surface area contributed by atoms with Crippen LogP contribution in [0.4, 0.5) is 18.9 Å². The number of benzene rings is 1. The third-order valence-electron chi connectivity index (χ3n) is 2.32. The fourth-order valence-corrected chi connectivity index (χ4v) is 1.60. The number of rotatable bonds is 2. The topological polar surface area (TPSA) is 53.1 Å². The van der Waals surface area contributed by atoms with Gasteiger partial charge in [0, 0.05) is 11.5 Å². The normalized spacial score (nSPS) is 12.0. The second-order valence-corrected chi connectivity index (χ2v) is 3.57. The van der Waals surface area contributed by atoms with Crippen LogP contribution in [0.3, 0.4) is 0 Å². The van der Waals surface area contributed by atoms with E-state index in [2.05, 4.69) is 5.10 Å². The van der Waals surface area contributed by atoms with Crippen molar-refractivity contribution in [3.05, 3.63) is 18.3 Å². The van der Waals surface area contributed by atoms with Crippen molar-refractivity contribution in [1.29, 1.82) is 0 Å². The molecule has 0 aliphatic rings. The Hall–Kier alpha value is -1.92. The summed E-state index contributed by atoms with van der Waals surface area (Å²) < 4.78 is 42.7. The molecule has 0 fully saturated rings. The number of halogens is 3. The summed E-state index contributed by atoms with van der Waals surface area (Å²) in [5, 5.41) is 4.23. The first-order valence-corrected chi connectivity index (χ1v) is 4.76. The highest BCUT2D eigenvalue weighted by Gasteiger charge is 2.29. The van der Waals surface area contributed by atoms with Gasteiger partial charge >= 0.3 is 6.18 Å². The summed E-state index contributed by atoms with van der Waals surface area (Å²) in [5.74, 6) is 0.335. The molecule has 0 amide bonds. The van der Waals surface area contributed by atoms with Gasteiger partial charge in [0.1, 0.15) is 12.3 Å². The lowest BCUT2D eigenvalue weighted by Gasteiger charge is -2.09. The van der Waals surface area contributed by atoms with Crippen LogP contribution in [0.25, 0.3) is 10.9 Å². The maximum absolute atomic E-state index is 12.3. The van der Waals surface area contributed by atoms with E-state index in [1.807, 2.05) is 0 Å². The zero-order valence-corrected chi connectivity index (χ0v) is 8.95. The summed E-state index contributed by atoms with van der Waals surface area (Å²) in [5.41, 5.74) is 6.36. The van der Waals surface area contributed by atoms with Gasteiger partial charge in [-0.1, -0.05) is 0 Å². The predicted octanol–water partition coefficient (Wildman–Crippen LogP) is 2.19. The van der Waals surface area contributed by atoms with Gasteiger partial charge in [-0.3, -0.25) is 4.68 Å². The first kappa shape index (κ1) is 11.6. The molecule has 0 aliphatic heterocycles. The van der Waals surface area contributed by atoms with E-state index in [9.17, 15) is 13.2 Å². The van der Waals surface area contributed by atoms with Crippen molar-refractivity contribution in [2.24, 2.45) is 0 Å². The van der Waals surface area contributed by atoms with Crippen molar-refractivity contribution < 1.29 is 17.9 Å². The Morgan fingerprint density at radius 3 is 2.71 bits per heavy atom. The standard InChI is InChI=1S/C10H10F3N3O/c1-17-9-3-8-6(2-7(9)14)4-15-16(8)5-10(11,12)13/h2-4H,5,14H2,1H3. The Morgan fingerprint density at radius 2 is 2.12 bits per heavy atom. The number of nitrogen functional groups attached to an aromatic ring is 1. The fraction of sp³-hybridized carbons (Fsp3) is 0.300. The number of methoxy groups -OCH3 is 1. The molecule has 0 saturated heterocycles. The van der Waals surface area contributed by atoms with Gasteiger partial charge < -0.3 is 10.5 Å². The second kappa shape index (κ2) is 3.83. The molecule has 4 nitrogen and oxygen atoms in total. The Labute approximate surface area is 94.8 Å². The largest absolute Gasteiger partial charge is 0.495 e. The van der Waals surface area contributed by atoms with Crippen LogP contribution in [0.5, 0.6) is 5.75 Å². The maximum Gasteiger partial charge on any atom is 0.408 e. The lowest BCUT2D eigenvalue weighted by Crippen LogP contribution is -2.18. The number of hydrogen-bond donors (Lipinski definition) is 1. The van der Waals surface area contributed by atoms with Gasteiger partial charge in [0.25, 0.3) is 0 Å². The molecule has 0 spiro atoms. The van der Waals surface area contributed by atoms with Crippen molar-refractivity contribution in [1.82, 2.24) is 9.78 Å². The van der Waals surface area contributed by atoms with Crippen LogP contribution in [-0.2, 0) is 6.54 Å². The number of nitrogens with zero attached hydrogens (tertiary/aromatic N) is 2. The molecular weight excluding hydrogens is 235 g/mol. The monoisotopic (exact) mass is 245 g/mol. The van der Waals surface area contributed by atoms with Gasteiger partial charge in [-0.05, 0) is 6.07 Å². The van der Waals surface area contributed by atoms with Crippen LogP contribution in [0.1, 0.15) is 0 Å². The predicted molar refractivity (Wildman–Crippen MR) is 56.8 cm³/mol. The number of ether oxygens (including phenoxy) is 1. The van der Waals surface area contributed by atoms with Crippen molar-refractivity contribution in [2.75, 3.05) is 12.8 Å². The summed E-state index contributed by atoms with van der Waals surface area (Å²) in [6.45, 7) is -1.14. The van der Waals surface area contributed by atoms with Gasteiger partial charge in [-0.2, -0.15) is 18.3 Å². The van der Waals surface area contributed by atoms with Crippen molar-refractivity contribution in [3.63, 3.8) is 0 Å². The van der Waals surface area contributed by atoms with Crippen LogP contribution in [-0.4, -0.2) is 23.1 Å². The fourth-order valence-electron chi connectivity index (χ4n) is 1.60. The number of hydrogen-bond acceptors (Lipinski definition) is 3. The molecule has 17 heavy (non-hydrogen) atoms. The van der Waals surface area contributed by atoms with Crippen LogP contribution in [0.2, 0.25) is 0 Å². The molecule has 0 aliphatic carbocycles. The molecular formula is C10H10F3N3O. The first-order chi connectivity index (χ1) is 7.90. The van der Waals surface area contributed by atoms with E-state index in [4.69, 9.17) is 10.5 Å². The quantitative estimate of drug-likeness (QED) is 0.825. The number of nitrogens with two attached hydrogens (primary N) is 1. The van der Waals surface area contributed by atoms with Crippen molar-refractivity contribution >= 4 is 16.6 Å². The highest BCUT2D eigenvalue weighted by Crippen LogP contribution is 2.29. The molecule has 1 aromatic carbocycles. The van der Waals surface area contributed by atoms with E-state index in [1.54, 1.807) is 0 Å². The molecule has 0 bridgehead atoms. The van der Waals surface area contributed by atoms with E-state index in [-0.39, 0.29) is 0 Å². The molecule has 2 aromatic rings. The summed E-state index contributed by atoms with van der Waals surface area (Å²) in [7, 11) is 1.40. The van der Waals surface area contributed by atoms with Crippen LogP contribution in [0.15, 0.2) is 18.3 Å². The molecule has 2 rings (SSSR count). The van der Waals surface area contributed by atoms with Gasteiger partial charge in [0.2, 0.25) is 0 Å². The zero-order valence-electron chi connectivity index (χ0n) is 8.95. The SMILES string of the molecule is COc1cc2c(cnn2CC(F)(F)F)cc1N. The van der Waals surface area contributed by atoms with Gasteiger partial charge in [0.15, 0.2) is 0 Å². The van der Waals surface area contributed by atoms with Crippen LogP contribution >= 0.6 is 0 Å². The molecule has 7 heteroatoms. The average Bonchev–Trinajstić information content (AvgIpc) is 2.57. The smallest absolute Gasteiger partial charge is 0.408 e. The van der Waals surface area contributed by atoms with Gasteiger partial charge in [0.05, 0.1) is 24.5 Å². The Balaban J connectivity index is 2.52. The Kier molecular flexibility index (Phi) is 2.60. The molecule has 0 radical (unpaired) electrons. The maximum atomic E-state index is 12.3. The molecule has 1 heterocycles. The number of aromatic nitrogens is 2. The average molecular weight is 245 g/mol. The number of anilines is 1. The molecule has 2 N–H and O–H groups in total. The van der Waals surface area contributed by atoms with Crippen LogP contribution < -0.4 is 10.5 Å². The van der Waals surface area contributed by atoms with Crippen LogP contribution in [0, 0.1) is 0 Å². The lowest BCUT2D eigenvalue weighted by atomic mass is 10.2. The van der Waals surface area contributed by atoms with E-state index in [0.717, 1.165) is 4.68 Å². The highest BCUT2D eigenvalue weighted by molar-refractivity contribution is 5.85. The second-order valence-electron chi connectivity index (χ2n) is 3.57.